The first-order valence-corrected chi connectivity index (χ1v) is 9.26. The third-order valence-corrected chi connectivity index (χ3v) is 5.56. The molecule has 1 aromatic carbocycles. The maximum atomic E-state index is 12.7. The van der Waals surface area contributed by atoms with E-state index in [1.54, 1.807) is 7.11 Å². The Morgan fingerprint density at radius 3 is 2.96 bits per heavy atom. The van der Waals surface area contributed by atoms with Crippen LogP contribution in [0.2, 0.25) is 0 Å². The van der Waals surface area contributed by atoms with Crippen molar-refractivity contribution < 1.29 is 14.3 Å². The van der Waals surface area contributed by atoms with Crippen LogP contribution in [0.3, 0.4) is 0 Å². The fourth-order valence-corrected chi connectivity index (χ4v) is 4.06. The van der Waals surface area contributed by atoms with E-state index in [4.69, 9.17) is 9.47 Å². The van der Waals surface area contributed by atoms with Crippen LogP contribution in [0.1, 0.15) is 42.1 Å². The Balaban J connectivity index is 1.76. The summed E-state index contributed by atoms with van der Waals surface area (Å²) in [6.07, 6.45) is 1.66. The average molecular weight is 360 g/mol. The lowest BCUT2D eigenvalue weighted by molar-refractivity contribution is -0.0615. The number of hydrogen-bond donors (Lipinski definition) is 1. The minimum atomic E-state index is -0.190. The first kappa shape index (κ1) is 17.9. The molecule has 0 unspecified atom stereocenters. The molecule has 1 aromatic heterocycles. The lowest BCUT2D eigenvalue weighted by Crippen LogP contribution is -2.45. The van der Waals surface area contributed by atoms with Crippen molar-refractivity contribution in [1.82, 2.24) is 10.3 Å². The molecule has 1 aliphatic heterocycles. The minimum absolute atomic E-state index is 0.0492. The molecule has 0 bridgehead atoms. The number of thiazole rings is 1. The Bertz CT molecular complexity index is 770. The lowest BCUT2D eigenvalue weighted by Gasteiger charge is -2.35. The topological polar surface area (TPSA) is 60.5 Å². The number of aromatic nitrogens is 1. The van der Waals surface area contributed by atoms with E-state index in [0.717, 1.165) is 34.9 Å². The van der Waals surface area contributed by atoms with Gasteiger partial charge in [0.2, 0.25) is 0 Å². The second-order valence-electron chi connectivity index (χ2n) is 6.94. The number of benzene rings is 1. The van der Waals surface area contributed by atoms with Crippen LogP contribution in [0, 0.1) is 6.92 Å². The predicted octanol–water partition coefficient (Wildman–Crippen LogP) is 3.81. The van der Waals surface area contributed by atoms with Gasteiger partial charge >= 0.3 is 0 Å². The Morgan fingerprint density at radius 1 is 1.44 bits per heavy atom. The maximum Gasteiger partial charge on any atom is 0.263 e. The van der Waals surface area contributed by atoms with Crippen LogP contribution in [0.25, 0.3) is 10.6 Å². The highest BCUT2D eigenvalue weighted by Crippen LogP contribution is 2.30. The first-order chi connectivity index (χ1) is 11.9. The second kappa shape index (κ2) is 7.14. The smallest absolute Gasteiger partial charge is 0.263 e. The summed E-state index contributed by atoms with van der Waals surface area (Å²) in [7, 11) is 1.64. The SMILES string of the molecule is COc1cccc(-c2nc(C)c(C(=O)N[C@@H]3CCOC(C)(C)C3)s2)c1. The molecule has 2 heterocycles. The molecule has 0 radical (unpaired) electrons. The second-order valence-corrected chi connectivity index (χ2v) is 7.94. The highest BCUT2D eigenvalue weighted by Gasteiger charge is 2.30. The third kappa shape index (κ3) is 4.19. The van der Waals surface area contributed by atoms with Crippen LogP contribution in [0.5, 0.6) is 5.75 Å². The molecule has 1 saturated heterocycles. The molecule has 134 valence electrons. The molecule has 2 aromatic rings. The molecule has 6 heteroatoms. The summed E-state index contributed by atoms with van der Waals surface area (Å²) in [5, 5.41) is 3.97. The molecule has 1 amide bonds. The van der Waals surface area contributed by atoms with E-state index in [0.29, 0.717) is 11.5 Å². The van der Waals surface area contributed by atoms with Gasteiger partial charge in [0.15, 0.2) is 0 Å². The van der Waals surface area contributed by atoms with E-state index in [2.05, 4.69) is 24.1 Å². The fraction of sp³-hybridized carbons (Fsp3) is 0.474. The predicted molar refractivity (Wildman–Crippen MR) is 99.4 cm³/mol. The number of ether oxygens (including phenoxy) is 2. The average Bonchev–Trinajstić information content (AvgIpc) is 2.96. The summed E-state index contributed by atoms with van der Waals surface area (Å²) >= 11 is 1.42. The van der Waals surface area contributed by atoms with Crippen molar-refractivity contribution in [3.8, 4) is 16.3 Å². The van der Waals surface area contributed by atoms with Crippen LogP contribution in [-0.2, 0) is 4.74 Å². The van der Waals surface area contributed by atoms with E-state index in [9.17, 15) is 4.79 Å². The number of methoxy groups -OCH3 is 1. The molecular weight excluding hydrogens is 336 g/mol. The van der Waals surface area contributed by atoms with Gasteiger partial charge in [-0.25, -0.2) is 4.98 Å². The van der Waals surface area contributed by atoms with Gasteiger partial charge < -0.3 is 14.8 Å². The maximum absolute atomic E-state index is 12.7. The molecule has 1 aliphatic rings. The van der Waals surface area contributed by atoms with Crippen molar-refractivity contribution in [2.75, 3.05) is 13.7 Å². The quantitative estimate of drug-likeness (QED) is 0.900. The first-order valence-electron chi connectivity index (χ1n) is 8.44. The van der Waals surface area contributed by atoms with Gasteiger partial charge in [0, 0.05) is 18.2 Å². The van der Waals surface area contributed by atoms with Gasteiger partial charge in [0.1, 0.15) is 15.6 Å². The number of aryl methyl sites for hydroxylation is 1. The molecule has 3 rings (SSSR count). The molecule has 1 N–H and O–H groups in total. The van der Waals surface area contributed by atoms with E-state index in [1.807, 2.05) is 31.2 Å². The van der Waals surface area contributed by atoms with Crippen LogP contribution >= 0.6 is 11.3 Å². The summed E-state index contributed by atoms with van der Waals surface area (Å²) in [5.74, 6) is 0.729. The van der Waals surface area contributed by atoms with Gasteiger partial charge in [-0.15, -0.1) is 11.3 Å². The van der Waals surface area contributed by atoms with Gasteiger partial charge in [-0.3, -0.25) is 4.79 Å². The van der Waals surface area contributed by atoms with Crippen molar-refractivity contribution in [2.45, 2.75) is 45.3 Å². The Hall–Kier alpha value is -1.92. The summed E-state index contributed by atoms with van der Waals surface area (Å²) in [6.45, 7) is 6.67. The number of hydrogen-bond acceptors (Lipinski definition) is 5. The molecule has 0 aliphatic carbocycles. The van der Waals surface area contributed by atoms with E-state index in [1.165, 1.54) is 11.3 Å². The minimum Gasteiger partial charge on any atom is -0.497 e. The zero-order valence-corrected chi connectivity index (χ0v) is 15.9. The zero-order chi connectivity index (χ0) is 18.0. The summed E-state index contributed by atoms with van der Waals surface area (Å²) in [5.41, 5.74) is 1.52. The standard InChI is InChI=1S/C19H24N2O3S/c1-12-16(17(22)21-14-8-9-24-19(2,3)11-14)25-18(20-12)13-6-5-7-15(10-13)23-4/h5-7,10,14H,8-9,11H2,1-4H3,(H,21,22)/t14-/m1/s1. The van der Waals surface area contributed by atoms with Crippen molar-refractivity contribution in [2.24, 2.45) is 0 Å². The number of nitrogens with zero attached hydrogens (tertiary/aromatic N) is 1. The fourth-order valence-electron chi connectivity index (χ4n) is 3.09. The van der Waals surface area contributed by atoms with Crippen molar-refractivity contribution >= 4 is 17.2 Å². The van der Waals surface area contributed by atoms with Gasteiger partial charge in [-0.05, 0) is 45.7 Å². The molecule has 0 spiro atoms. The normalized spacial score (nSPS) is 19.4. The highest BCUT2D eigenvalue weighted by molar-refractivity contribution is 7.17. The third-order valence-electron chi connectivity index (χ3n) is 4.35. The van der Waals surface area contributed by atoms with Gasteiger partial charge in [0.05, 0.1) is 18.4 Å². The number of carbonyl (C=O) groups excluding carboxylic acids is 1. The Labute approximate surface area is 152 Å². The van der Waals surface area contributed by atoms with Gasteiger partial charge in [0.25, 0.3) is 5.91 Å². The molecule has 5 nitrogen and oxygen atoms in total. The van der Waals surface area contributed by atoms with E-state index in [-0.39, 0.29) is 17.6 Å². The summed E-state index contributed by atoms with van der Waals surface area (Å²) in [6, 6.07) is 7.86. The van der Waals surface area contributed by atoms with Crippen molar-refractivity contribution in [1.29, 1.82) is 0 Å². The van der Waals surface area contributed by atoms with Gasteiger partial charge in [-0.1, -0.05) is 12.1 Å². The summed E-state index contributed by atoms with van der Waals surface area (Å²) < 4.78 is 11.0. The van der Waals surface area contributed by atoms with E-state index >= 15 is 0 Å². The number of amides is 1. The van der Waals surface area contributed by atoms with Gasteiger partial charge in [-0.2, -0.15) is 0 Å². The van der Waals surface area contributed by atoms with Crippen molar-refractivity contribution in [3.63, 3.8) is 0 Å². The van der Waals surface area contributed by atoms with Crippen LogP contribution in [0.15, 0.2) is 24.3 Å². The monoisotopic (exact) mass is 360 g/mol. The van der Waals surface area contributed by atoms with Crippen LogP contribution in [0.4, 0.5) is 0 Å². The lowest BCUT2D eigenvalue weighted by atomic mass is 9.94. The molecule has 0 saturated carbocycles. The molecule has 25 heavy (non-hydrogen) atoms. The van der Waals surface area contributed by atoms with Crippen LogP contribution < -0.4 is 10.1 Å². The van der Waals surface area contributed by atoms with Crippen molar-refractivity contribution in [3.05, 3.63) is 34.8 Å². The highest BCUT2D eigenvalue weighted by atomic mass is 32.1. The Kier molecular flexibility index (Phi) is 5.11. The summed E-state index contributed by atoms with van der Waals surface area (Å²) in [4.78, 5) is 18.0. The number of carbonyl (C=O) groups is 1. The van der Waals surface area contributed by atoms with Crippen LogP contribution in [-0.4, -0.2) is 36.3 Å². The molecular formula is C19H24N2O3S. The number of nitrogens with one attached hydrogen (secondary N) is 1. The zero-order valence-electron chi connectivity index (χ0n) is 15.1. The molecule has 1 atom stereocenters. The largest absolute Gasteiger partial charge is 0.497 e. The molecule has 1 fully saturated rings. The number of rotatable bonds is 4. The Morgan fingerprint density at radius 2 is 2.24 bits per heavy atom. The van der Waals surface area contributed by atoms with E-state index < -0.39 is 0 Å².